The summed E-state index contributed by atoms with van der Waals surface area (Å²) in [6.07, 6.45) is 4.07. The average Bonchev–Trinajstić information content (AvgIpc) is 3.21. The van der Waals surface area contributed by atoms with Crippen molar-refractivity contribution >= 4 is 23.2 Å². The number of nitrogens with zero attached hydrogens (tertiary/aromatic N) is 3. The summed E-state index contributed by atoms with van der Waals surface area (Å²) in [5.41, 5.74) is 3.07. The zero-order valence-corrected chi connectivity index (χ0v) is 13.6. The number of rotatable bonds is 5. The Bertz CT molecular complexity index is 899. The number of unbranched alkanes of at least 4 members (excludes halogenated alkanes) is 1. The fourth-order valence-corrected chi connectivity index (χ4v) is 2.82. The van der Waals surface area contributed by atoms with Crippen LogP contribution in [0.3, 0.4) is 0 Å². The summed E-state index contributed by atoms with van der Waals surface area (Å²) in [6.45, 7) is 3.39. The molecule has 4 rings (SSSR count). The van der Waals surface area contributed by atoms with Crippen molar-refractivity contribution in [2.45, 2.75) is 26.3 Å². The Balaban J connectivity index is 1.68. The Labute approximate surface area is 140 Å². The molecule has 3 aromatic rings. The van der Waals surface area contributed by atoms with E-state index in [4.69, 9.17) is 9.47 Å². The van der Waals surface area contributed by atoms with E-state index in [0.29, 0.717) is 0 Å². The van der Waals surface area contributed by atoms with Gasteiger partial charge < -0.3 is 14.0 Å². The normalized spacial score (nSPS) is 13.2. The maximum Gasteiger partial charge on any atom is 0.231 e. The van der Waals surface area contributed by atoms with Crippen LogP contribution in [0.4, 0.5) is 5.95 Å². The minimum atomic E-state index is 0.280. The lowest BCUT2D eigenvalue weighted by molar-refractivity contribution is 0.174. The van der Waals surface area contributed by atoms with Crippen molar-refractivity contribution in [1.82, 2.24) is 9.55 Å². The van der Waals surface area contributed by atoms with Crippen molar-refractivity contribution in [2.75, 3.05) is 6.79 Å². The van der Waals surface area contributed by atoms with Gasteiger partial charge in [-0.25, -0.2) is 9.98 Å². The summed E-state index contributed by atoms with van der Waals surface area (Å²) in [7, 11) is 0. The van der Waals surface area contributed by atoms with E-state index in [-0.39, 0.29) is 6.79 Å². The number of fused-ring (bicyclic) bond motifs is 2. The Morgan fingerprint density at radius 3 is 2.96 bits per heavy atom. The third-order valence-corrected chi connectivity index (χ3v) is 4.10. The molecule has 0 radical (unpaired) electrons. The summed E-state index contributed by atoms with van der Waals surface area (Å²) in [5.74, 6) is 2.28. The molecule has 2 aromatic carbocycles. The van der Waals surface area contributed by atoms with Gasteiger partial charge in [0, 0.05) is 12.8 Å². The topological polar surface area (TPSA) is 48.6 Å². The summed E-state index contributed by atoms with van der Waals surface area (Å²) in [5, 5.41) is 0. The minimum absolute atomic E-state index is 0.280. The standard InChI is InChI=1S/C19H19N3O2/c1-2-3-10-22-16-7-5-4-6-15(16)21-19(22)20-12-14-8-9-17-18(11-14)24-13-23-17/h4-9,11-12H,2-3,10,13H2,1H3. The number of para-hydroxylation sites is 2. The SMILES string of the molecule is CCCCn1c(N=Cc2ccc3c(c2)OCO3)nc2ccccc21. The molecule has 0 spiro atoms. The number of imidazole rings is 1. The number of hydrogen-bond acceptors (Lipinski definition) is 4. The highest BCUT2D eigenvalue weighted by molar-refractivity contribution is 5.84. The molecule has 0 bridgehead atoms. The lowest BCUT2D eigenvalue weighted by Gasteiger charge is -2.05. The van der Waals surface area contributed by atoms with Crippen LogP contribution < -0.4 is 9.47 Å². The Kier molecular flexibility index (Phi) is 3.91. The molecule has 5 heteroatoms. The first-order chi connectivity index (χ1) is 11.8. The molecule has 2 heterocycles. The van der Waals surface area contributed by atoms with E-state index in [1.807, 2.05) is 42.6 Å². The van der Waals surface area contributed by atoms with Gasteiger partial charge in [0.2, 0.25) is 12.7 Å². The summed E-state index contributed by atoms with van der Waals surface area (Å²) in [4.78, 5) is 9.28. The van der Waals surface area contributed by atoms with Gasteiger partial charge in [-0.05, 0) is 42.3 Å². The molecule has 24 heavy (non-hydrogen) atoms. The van der Waals surface area contributed by atoms with Crippen LogP contribution in [0.2, 0.25) is 0 Å². The van der Waals surface area contributed by atoms with Crippen molar-refractivity contribution in [3.63, 3.8) is 0 Å². The predicted molar refractivity (Wildman–Crippen MR) is 94.5 cm³/mol. The first-order valence-corrected chi connectivity index (χ1v) is 8.24. The van der Waals surface area contributed by atoms with E-state index in [0.717, 1.165) is 53.4 Å². The second-order valence-electron chi connectivity index (χ2n) is 5.78. The van der Waals surface area contributed by atoms with Crippen molar-refractivity contribution in [2.24, 2.45) is 4.99 Å². The second-order valence-corrected chi connectivity index (χ2v) is 5.78. The van der Waals surface area contributed by atoms with Crippen molar-refractivity contribution < 1.29 is 9.47 Å². The Morgan fingerprint density at radius 1 is 1.17 bits per heavy atom. The van der Waals surface area contributed by atoms with E-state index in [1.165, 1.54) is 0 Å². The van der Waals surface area contributed by atoms with Gasteiger partial charge in [-0.1, -0.05) is 25.5 Å². The van der Waals surface area contributed by atoms with Gasteiger partial charge in [0.15, 0.2) is 11.5 Å². The zero-order valence-electron chi connectivity index (χ0n) is 13.6. The van der Waals surface area contributed by atoms with Gasteiger partial charge >= 0.3 is 0 Å². The van der Waals surface area contributed by atoms with Crippen LogP contribution >= 0.6 is 0 Å². The van der Waals surface area contributed by atoms with E-state index >= 15 is 0 Å². The lowest BCUT2D eigenvalue weighted by Crippen LogP contribution is -1.97. The number of aliphatic imine (C=N–C) groups is 1. The summed E-state index contributed by atoms with van der Waals surface area (Å²) in [6, 6.07) is 14.0. The van der Waals surface area contributed by atoms with Gasteiger partial charge in [-0.3, -0.25) is 0 Å². The molecule has 0 N–H and O–H groups in total. The van der Waals surface area contributed by atoms with Gasteiger partial charge in [0.05, 0.1) is 11.0 Å². The summed E-state index contributed by atoms with van der Waals surface area (Å²) < 4.78 is 12.9. The molecule has 0 amide bonds. The highest BCUT2D eigenvalue weighted by Crippen LogP contribution is 2.32. The van der Waals surface area contributed by atoms with Gasteiger partial charge in [0.25, 0.3) is 0 Å². The van der Waals surface area contributed by atoms with Crippen LogP contribution in [0.25, 0.3) is 11.0 Å². The first kappa shape index (κ1) is 14.8. The number of benzene rings is 2. The maximum absolute atomic E-state index is 5.41. The number of hydrogen-bond donors (Lipinski definition) is 0. The fourth-order valence-electron chi connectivity index (χ4n) is 2.82. The quantitative estimate of drug-likeness (QED) is 0.658. The number of aryl methyl sites for hydroxylation is 1. The van der Waals surface area contributed by atoms with Crippen LogP contribution in [0.1, 0.15) is 25.3 Å². The molecule has 0 saturated carbocycles. The molecule has 0 aliphatic carbocycles. The van der Waals surface area contributed by atoms with Crippen molar-refractivity contribution in [3.8, 4) is 11.5 Å². The second kappa shape index (κ2) is 6.35. The van der Waals surface area contributed by atoms with Gasteiger partial charge in [-0.15, -0.1) is 0 Å². The molecule has 0 saturated heterocycles. The van der Waals surface area contributed by atoms with E-state index in [9.17, 15) is 0 Å². The average molecular weight is 321 g/mol. The highest BCUT2D eigenvalue weighted by atomic mass is 16.7. The van der Waals surface area contributed by atoms with Crippen LogP contribution in [-0.4, -0.2) is 22.6 Å². The number of ether oxygens (including phenoxy) is 2. The molecule has 1 aliphatic heterocycles. The minimum Gasteiger partial charge on any atom is -0.454 e. The molecule has 0 atom stereocenters. The molecule has 1 aromatic heterocycles. The largest absolute Gasteiger partial charge is 0.454 e. The molecular weight excluding hydrogens is 302 g/mol. The molecular formula is C19H19N3O2. The highest BCUT2D eigenvalue weighted by Gasteiger charge is 2.13. The van der Waals surface area contributed by atoms with Crippen molar-refractivity contribution in [3.05, 3.63) is 48.0 Å². The maximum atomic E-state index is 5.41. The van der Waals surface area contributed by atoms with Crippen LogP contribution in [-0.2, 0) is 6.54 Å². The van der Waals surface area contributed by atoms with Gasteiger partial charge in [0.1, 0.15) is 0 Å². The smallest absolute Gasteiger partial charge is 0.231 e. The van der Waals surface area contributed by atoms with Crippen LogP contribution in [0.5, 0.6) is 11.5 Å². The Morgan fingerprint density at radius 2 is 2.04 bits per heavy atom. The number of aromatic nitrogens is 2. The van der Waals surface area contributed by atoms with Crippen LogP contribution in [0, 0.1) is 0 Å². The summed E-state index contributed by atoms with van der Waals surface area (Å²) >= 11 is 0. The third kappa shape index (κ3) is 2.73. The molecule has 5 nitrogen and oxygen atoms in total. The molecule has 122 valence electrons. The lowest BCUT2D eigenvalue weighted by atomic mass is 10.2. The molecule has 0 fully saturated rings. The fraction of sp³-hybridized carbons (Fsp3) is 0.263. The van der Waals surface area contributed by atoms with Crippen molar-refractivity contribution in [1.29, 1.82) is 0 Å². The van der Waals surface area contributed by atoms with Gasteiger partial charge in [-0.2, -0.15) is 0 Å². The van der Waals surface area contributed by atoms with E-state index in [1.54, 1.807) is 0 Å². The third-order valence-electron chi connectivity index (χ3n) is 4.10. The molecule has 0 unspecified atom stereocenters. The predicted octanol–water partition coefficient (Wildman–Crippen LogP) is 4.32. The zero-order chi connectivity index (χ0) is 16.4. The Hall–Kier alpha value is -2.82. The molecule has 1 aliphatic rings. The first-order valence-electron chi connectivity index (χ1n) is 8.24. The van der Waals surface area contributed by atoms with E-state index in [2.05, 4.69) is 27.5 Å². The monoisotopic (exact) mass is 321 g/mol. The van der Waals surface area contributed by atoms with E-state index < -0.39 is 0 Å². The van der Waals surface area contributed by atoms with Crippen LogP contribution in [0.15, 0.2) is 47.5 Å².